The third kappa shape index (κ3) is 16.8. The number of anilines is 5. The number of aliphatic carboxylic acids is 1. The van der Waals surface area contributed by atoms with Crippen molar-refractivity contribution in [2.45, 2.75) is 31.9 Å². The van der Waals surface area contributed by atoms with Gasteiger partial charge >= 0.3 is 12.1 Å². The molecule has 0 aliphatic heterocycles. The minimum atomic E-state index is -5.08. The third-order valence-corrected chi connectivity index (χ3v) is 11.4. The number of halogens is 3. The van der Waals surface area contributed by atoms with E-state index in [2.05, 4.69) is 47.5 Å². The molecule has 0 spiro atoms. The molecule has 29 heteroatoms. The van der Waals surface area contributed by atoms with Gasteiger partial charge in [0.05, 0.1) is 28.4 Å². The van der Waals surface area contributed by atoms with Gasteiger partial charge in [-0.2, -0.15) is 13.2 Å². The Morgan fingerprint density at radius 1 is 0.487 bits per heavy atom. The number of amides is 8. The summed E-state index contributed by atoms with van der Waals surface area (Å²) in [5, 5.41) is 29.3. The number of aryl methyl sites for hydroxylation is 6. The Morgan fingerprint density at radius 3 is 1.22 bits per heavy atom. The molecule has 0 aliphatic rings. The second-order valence-corrected chi connectivity index (χ2v) is 18.0. The summed E-state index contributed by atoms with van der Waals surface area (Å²) in [7, 11) is 13.9. The first-order valence-corrected chi connectivity index (χ1v) is 23.8. The van der Waals surface area contributed by atoms with Gasteiger partial charge in [0, 0.05) is 118 Å². The summed E-state index contributed by atoms with van der Waals surface area (Å²) in [5.74, 6) is -5.72. The molecule has 0 unspecified atom stereocenters. The second-order valence-electron chi connectivity index (χ2n) is 18.0. The smallest absolute Gasteiger partial charge is 0.475 e. The number of imidazole rings is 1. The molecule has 0 saturated heterocycles. The van der Waals surface area contributed by atoms with Gasteiger partial charge in [-0.05, 0) is 63.8 Å². The quantitative estimate of drug-likeness (QED) is 0.0443. The molecule has 0 fully saturated rings. The Labute approximate surface area is 444 Å². The van der Waals surface area contributed by atoms with Crippen LogP contribution >= 0.6 is 0 Å². The number of nitrogens with zero attached hydrogens (tertiary/aromatic N) is 8. The van der Waals surface area contributed by atoms with Gasteiger partial charge in [0.1, 0.15) is 28.5 Å². The van der Waals surface area contributed by atoms with E-state index >= 15 is 0 Å². The highest BCUT2D eigenvalue weighted by Gasteiger charge is 2.38. The van der Waals surface area contributed by atoms with Crippen LogP contribution in [0.5, 0.6) is 0 Å². The Bertz CT molecular complexity index is 3190. The van der Waals surface area contributed by atoms with Crippen LogP contribution in [0.4, 0.5) is 41.6 Å². The van der Waals surface area contributed by atoms with Crippen molar-refractivity contribution in [2.24, 2.45) is 42.3 Å². The van der Waals surface area contributed by atoms with Crippen molar-refractivity contribution in [3.05, 3.63) is 108 Å². The maximum absolute atomic E-state index is 13.3. The number of nitrogens with one attached hydrogen (secondary N) is 8. The molecule has 6 aromatic rings. The van der Waals surface area contributed by atoms with Crippen LogP contribution in [0.15, 0.2) is 73.7 Å². The van der Waals surface area contributed by atoms with E-state index in [0.29, 0.717) is 41.4 Å². The van der Waals surface area contributed by atoms with Crippen LogP contribution in [0.1, 0.15) is 88.7 Å². The van der Waals surface area contributed by atoms with Crippen LogP contribution in [0.3, 0.4) is 0 Å². The number of carboxylic acid groups (broad SMARTS) is 1. The van der Waals surface area contributed by atoms with Gasteiger partial charge < -0.3 is 79.9 Å². The zero-order chi connectivity index (χ0) is 57.6. The molecule has 6 aromatic heterocycles. The Kier molecular flexibility index (Phi) is 20.1. The lowest BCUT2D eigenvalue weighted by molar-refractivity contribution is -0.192. The first-order valence-electron chi connectivity index (χ1n) is 23.8. The van der Waals surface area contributed by atoms with Crippen LogP contribution in [-0.4, -0.2) is 142 Å². The van der Waals surface area contributed by atoms with Crippen molar-refractivity contribution in [1.29, 1.82) is 0 Å². The average molecular weight is 1090 g/mol. The zero-order valence-corrected chi connectivity index (χ0v) is 43.9. The summed E-state index contributed by atoms with van der Waals surface area (Å²) < 4.78 is 41.1. The average Bonchev–Trinajstić information content (AvgIpc) is 4.26. The summed E-state index contributed by atoms with van der Waals surface area (Å²) >= 11 is 0. The number of alkyl halides is 3. The maximum Gasteiger partial charge on any atom is 0.490 e. The topological polar surface area (TPSA) is 316 Å². The van der Waals surface area contributed by atoms with Crippen LogP contribution in [0.2, 0.25) is 0 Å². The first kappa shape index (κ1) is 59.5. The molecule has 78 heavy (non-hydrogen) atoms. The van der Waals surface area contributed by atoms with Gasteiger partial charge in [-0.25, -0.2) is 9.78 Å². The molecule has 6 rings (SSSR count). The fraction of sp³-hybridized carbons (Fsp3) is 0.347. The Morgan fingerprint density at radius 2 is 0.846 bits per heavy atom. The lowest BCUT2D eigenvalue weighted by Crippen LogP contribution is -2.32. The normalized spacial score (nSPS) is 11.0. The molecule has 0 atom stereocenters. The lowest BCUT2D eigenvalue weighted by Gasteiger charge is -2.10. The highest BCUT2D eigenvalue weighted by atomic mass is 19.4. The SMILES string of the molecule is CN(C)CCCNC(=O)CCNC(=O)c1cc(NC(=O)c2cc(NC(=O)c3cc(NC(=O)CCCNC(=O)c4cc(NC(=O)c5cc(NC(=O)c6nccn6C)cn5C)cn4C)cn3C)cn2C)cn1C.O=C(O)C(F)(F)F. The number of carbonyl (C=O) groups excluding carboxylic acids is 8. The molecule has 8 amide bonds. The van der Waals surface area contributed by atoms with E-state index < -0.39 is 47.6 Å². The molecular formula is C49H61F3N16O10. The van der Waals surface area contributed by atoms with E-state index in [4.69, 9.17) is 9.90 Å². The van der Waals surface area contributed by atoms with Crippen LogP contribution in [-0.2, 0) is 56.7 Å². The maximum atomic E-state index is 13.3. The molecular weight excluding hydrogens is 1030 g/mol. The lowest BCUT2D eigenvalue weighted by atomic mass is 10.2. The molecule has 0 aliphatic carbocycles. The number of hydrogen-bond acceptors (Lipinski definition) is 11. The van der Waals surface area contributed by atoms with Gasteiger partial charge in [0.15, 0.2) is 5.82 Å². The number of carbonyl (C=O) groups is 9. The van der Waals surface area contributed by atoms with Crippen LogP contribution in [0, 0.1) is 0 Å². The van der Waals surface area contributed by atoms with Crippen molar-refractivity contribution in [1.82, 2.24) is 53.2 Å². The van der Waals surface area contributed by atoms with Crippen LogP contribution < -0.4 is 42.5 Å². The molecule has 6 heterocycles. The van der Waals surface area contributed by atoms with Crippen molar-refractivity contribution in [3.8, 4) is 0 Å². The van der Waals surface area contributed by atoms with E-state index in [1.807, 2.05) is 19.0 Å². The third-order valence-electron chi connectivity index (χ3n) is 11.4. The van der Waals surface area contributed by atoms with Crippen molar-refractivity contribution >= 4 is 81.7 Å². The summed E-state index contributed by atoms with van der Waals surface area (Å²) in [5.41, 5.74) is 3.15. The largest absolute Gasteiger partial charge is 0.490 e. The minimum Gasteiger partial charge on any atom is -0.475 e. The Hall–Kier alpha value is -9.41. The van der Waals surface area contributed by atoms with E-state index in [-0.39, 0.29) is 72.0 Å². The molecule has 9 N–H and O–H groups in total. The number of aromatic nitrogens is 7. The van der Waals surface area contributed by atoms with Gasteiger partial charge in [-0.1, -0.05) is 0 Å². The monoisotopic (exact) mass is 1090 g/mol. The van der Waals surface area contributed by atoms with Crippen LogP contribution in [0.25, 0.3) is 0 Å². The highest BCUT2D eigenvalue weighted by Crippen LogP contribution is 2.22. The molecule has 26 nitrogen and oxygen atoms in total. The van der Waals surface area contributed by atoms with Gasteiger partial charge in [0.25, 0.3) is 35.4 Å². The standard InChI is InChI=1S/C47H60N16O8.C2HF3O2/c1-57(2)17-10-14-48-39(64)12-15-51-43(67)35-21-31(26-60(35)5)54-45(69)37-22-32(27-62(37)7)55-44(68)36-19-29(24-61(36)6)52-40(65)11-9-13-50-42(66)34-20-30(25-59(34)4)53-46(70)38-23-33(28-63(38)8)56-47(71)41-49-16-18-58(41)3;3-2(4,5)1(6)7/h16,18-28H,9-15,17H2,1-8H3,(H,48,64)(H,50,66)(H,51,67)(H,52,65)(H,53,70)(H,54,69)(H,55,68)(H,56,71);(H,6,7). The van der Waals surface area contributed by atoms with E-state index in [1.54, 1.807) is 107 Å². The second kappa shape index (κ2) is 26.4. The van der Waals surface area contributed by atoms with Crippen molar-refractivity contribution in [3.63, 3.8) is 0 Å². The summed E-state index contributed by atoms with van der Waals surface area (Å²) in [6.07, 6.45) is 7.34. The summed E-state index contributed by atoms with van der Waals surface area (Å²) in [4.78, 5) is 118. The van der Waals surface area contributed by atoms with Gasteiger partial charge in [-0.15, -0.1) is 0 Å². The minimum absolute atomic E-state index is 0.0657. The zero-order valence-electron chi connectivity index (χ0n) is 43.9. The van der Waals surface area contributed by atoms with Crippen molar-refractivity contribution < 1.29 is 61.4 Å². The fourth-order valence-corrected chi connectivity index (χ4v) is 7.51. The van der Waals surface area contributed by atoms with Crippen molar-refractivity contribution in [2.75, 3.05) is 66.9 Å². The predicted octanol–water partition coefficient (Wildman–Crippen LogP) is 3.09. The predicted molar refractivity (Wildman–Crippen MR) is 279 cm³/mol. The molecule has 0 aromatic carbocycles. The van der Waals surface area contributed by atoms with Gasteiger partial charge in [-0.3, -0.25) is 38.4 Å². The number of rotatable bonds is 22. The van der Waals surface area contributed by atoms with E-state index in [9.17, 15) is 51.5 Å². The molecule has 0 bridgehead atoms. The van der Waals surface area contributed by atoms with E-state index in [1.165, 1.54) is 36.5 Å². The Balaban J connectivity index is 0.00000150. The molecule has 0 saturated carbocycles. The summed E-state index contributed by atoms with van der Waals surface area (Å²) in [6.45, 7) is 1.73. The van der Waals surface area contributed by atoms with Gasteiger partial charge in [0.2, 0.25) is 11.8 Å². The fourth-order valence-electron chi connectivity index (χ4n) is 7.51. The molecule has 0 radical (unpaired) electrons. The number of hydrogen-bond donors (Lipinski definition) is 9. The molecule has 418 valence electrons. The highest BCUT2D eigenvalue weighted by molar-refractivity contribution is 6.09. The summed E-state index contributed by atoms with van der Waals surface area (Å²) in [6, 6.07) is 7.60. The first-order chi connectivity index (χ1) is 36.7. The van der Waals surface area contributed by atoms with E-state index in [0.717, 1.165) is 13.0 Å². The number of carboxylic acids is 1.